The minimum Gasteiger partial charge on any atom is -0.497 e. The average molecular weight is 372 g/mol. The van der Waals surface area contributed by atoms with Crippen molar-refractivity contribution in [3.8, 4) is 17.2 Å². The van der Waals surface area contributed by atoms with Crippen molar-refractivity contribution in [3.05, 3.63) is 64.9 Å². The minimum absolute atomic E-state index is 0.249. The standard InChI is InChI=1S/C19H18ClN3O3/c1-12-17(18(20)23(22-12)13-7-5-4-6-8-13)19(24)21-15-10-9-14(25-2)11-16(15)26-3/h4-11H,1-3H3,(H,21,24). The molecule has 1 amide bonds. The SMILES string of the molecule is COc1ccc(NC(=O)c2c(C)nn(-c3ccccc3)c2Cl)c(OC)c1. The summed E-state index contributed by atoms with van der Waals surface area (Å²) in [6.45, 7) is 1.74. The number of carbonyl (C=O) groups excluding carboxylic acids is 1. The van der Waals surface area contributed by atoms with Gasteiger partial charge in [0.05, 0.1) is 31.3 Å². The van der Waals surface area contributed by atoms with Crippen molar-refractivity contribution >= 4 is 23.2 Å². The zero-order chi connectivity index (χ0) is 18.7. The second kappa shape index (κ2) is 7.49. The molecular weight excluding hydrogens is 354 g/mol. The van der Waals surface area contributed by atoms with Gasteiger partial charge < -0.3 is 14.8 Å². The van der Waals surface area contributed by atoms with Gasteiger partial charge in [0.15, 0.2) is 0 Å². The van der Waals surface area contributed by atoms with Gasteiger partial charge in [-0.05, 0) is 31.2 Å². The summed E-state index contributed by atoms with van der Waals surface area (Å²) in [5.41, 5.74) is 2.14. The molecular formula is C19H18ClN3O3. The molecule has 0 aliphatic rings. The molecule has 3 rings (SSSR count). The maximum atomic E-state index is 12.8. The molecule has 0 fully saturated rings. The van der Waals surface area contributed by atoms with E-state index in [0.717, 1.165) is 5.69 Å². The summed E-state index contributed by atoms with van der Waals surface area (Å²) in [6.07, 6.45) is 0. The highest BCUT2D eigenvalue weighted by molar-refractivity contribution is 6.34. The Morgan fingerprint density at radius 2 is 1.85 bits per heavy atom. The van der Waals surface area contributed by atoms with E-state index >= 15 is 0 Å². The number of hydrogen-bond acceptors (Lipinski definition) is 4. The van der Waals surface area contributed by atoms with Crippen LogP contribution in [0, 0.1) is 6.92 Å². The van der Waals surface area contributed by atoms with Gasteiger partial charge >= 0.3 is 0 Å². The number of aryl methyl sites for hydroxylation is 1. The Morgan fingerprint density at radius 3 is 2.50 bits per heavy atom. The van der Waals surface area contributed by atoms with Crippen LogP contribution in [-0.4, -0.2) is 29.9 Å². The summed E-state index contributed by atoms with van der Waals surface area (Å²) in [7, 11) is 3.09. The van der Waals surface area contributed by atoms with Crippen molar-refractivity contribution in [1.82, 2.24) is 9.78 Å². The predicted molar refractivity (Wildman–Crippen MR) is 101 cm³/mol. The molecule has 1 aromatic heterocycles. The minimum atomic E-state index is -0.363. The molecule has 0 saturated heterocycles. The number of rotatable bonds is 5. The summed E-state index contributed by atoms with van der Waals surface area (Å²) in [6, 6.07) is 14.5. The number of carbonyl (C=O) groups is 1. The van der Waals surface area contributed by atoms with Gasteiger partial charge in [0.2, 0.25) is 0 Å². The Labute approximate surface area is 156 Å². The van der Waals surface area contributed by atoms with Crippen molar-refractivity contribution in [3.63, 3.8) is 0 Å². The summed E-state index contributed by atoms with van der Waals surface area (Å²) < 4.78 is 12.0. The van der Waals surface area contributed by atoms with Gasteiger partial charge in [-0.3, -0.25) is 4.79 Å². The number of nitrogens with zero attached hydrogens (tertiary/aromatic N) is 2. The van der Waals surface area contributed by atoms with Gasteiger partial charge in [-0.2, -0.15) is 5.10 Å². The van der Waals surface area contributed by atoms with Crippen LogP contribution < -0.4 is 14.8 Å². The highest BCUT2D eigenvalue weighted by Gasteiger charge is 2.22. The van der Waals surface area contributed by atoms with Crippen LogP contribution in [0.15, 0.2) is 48.5 Å². The van der Waals surface area contributed by atoms with Crippen molar-refractivity contribution in [1.29, 1.82) is 0 Å². The third-order valence-electron chi connectivity index (χ3n) is 3.89. The van der Waals surface area contributed by atoms with Crippen LogP contribution in [0.5, 0.6) is 11.5 Å². The van der Waals surface area contributed by atoms with E-state index in [1.807, 2.05) is 30.3 Å². The topological polar surface area (TPSA) is 65.4 Å². The first kappa shape index (κ1) is 17.8. The fourth-order valence-corrected chi connectivity index (χ4v) is 2.94. The van der Waals surface area contributed by atoms with Gasteiger partial charge in [-0.15, -0.1) is 0 Å². The van der Waals surface area contributed by atoms with Crippen LogP contribution in [0.4, 0.5) is 5.69 Å². The van der Waals surface area contributed by atoms with E-state index < -0.39 is 0 Å². The number of halogens is 1. The van der Waals surface area contributed by atoms with E-state index in [-0.39, 0.29) is 11.1 Å². The number of nitrogens with one attached hydrogen (secondary N) is 1. The van der Waals surface area contributed by atoms with Gasteiger partial charge in [-0.1, -0.05) is 29.8 Å². The van der Waals surface area contributed by atoms with Crippen molar-refractivity contribution in [2.45, 2.75) is 6.92 Å². The molecule has 0 radical (unpaired) electrons. The summed E-state index contributed by atoms with van der Waals surface area (Å²) in [5.74, 6) is 0.756. The van der Waals surface area contributed by atoms with Crippen LogP contribution in [0.3, 0.4) is 0 Å². The normalized spacial score (nSPS) is 10.5. The van der Waals surface area contributed by atoms with E-state index in [1.165, 1.54) is 11.8 Å². The van der Waals surface area contributed by atoms with Crippen molar-refractivity contribution in [2.75, 3.05) is 19.5 Å². The number of ether oxygens (including phenoxy) is 2. The average Bonchev–Trinajstić information content (AvgIpc) is 2.97. The largest absolute Gasteiger partial charge is 0.497 e. The Kier molecular flexibility index (Phi) is 5.14. The number of para-hydroxylation sites is 1. The van der Waals surface area contributed by atoms with Crippen LogP contribution in [-0.2, 0) is 0 Å². The van der Waals surface area contributed by atoms with Gasteiger partial charge in [0.1, 0.15) is 22.2 Å². The first-order chi connectivity index (χ1) is 12.5. The number of amides is 1. The number of methoxy groups -OCH3 is 2. The lowest BCUT2D eigenvalue weighted by molar-refractivity contribution is 0.102. The summed E-state index contributed by atoms with van der Waals surface area (Å²) in [5, 5.41) is 7.45. The molecule has 0 saturated carbocycles. The predicted octanol–water partition coefficient (Wildman–Crippen LogP) is 4.10. The Hall–Kier alpha value is -2.99. The lowest BCUT2D eigenvalue weighted by Gasteiger charge is -2.11. The Bertz CT molecular complexity index is 939. The molecule has 2 aromatic carbocycles. The van der Waals surface area contributed by atoms with Gasteiger partial charge in [0.25, 0.3) is 5.91 Å². The Balaban J connectivity index is 1.93. The molecule has 0 aliphatic carbocycles. The zero-order valence-corrected chi connectivity index (χ0v) is 15.4. The number of benzene rings is 2. The summed E-state index contributed by atoms with van der Waals surface area (Å²) in [4.78, 5) is 12.8. The number of anilines is 1. The van der Waals surface area contributed by atoms with E-state index in [4.69, 9.17) is 21.1 Å². The van der Waals surface area contributed by atoms with E-state index in [1.54, 1.807) is 32.2 Å². The number of aromatic nitrogens is 2. The van der Waals surface area contributed by atoms with Gasteiger partial charge in [-0.25, -0.2) is 4.68 Å². The van der Waals surface area contributed by atoms with Crippen LogP contribution in [0.2, 0.25) is 5.15 Å². The maximum Gasteiger partial charge on any atom is 0.260 e. The zero-order valence-electron chi connectivity index (χ0n) is 14.6. The molecule has 0 unspecified atom stereocenters. The fraction of sp³-hybridized carbons (Fsp3) is 0.158. The second-order valence-electron chi connectivity index (χ2n) is 5.52. The smallest absolute Gasteiger partial charge is 0.260 e. The van der Waals surface area contributed by atoms with E-state index in [0.29, 0.717) is 28.4 Å². The lowest BCUT2D eigenvalue weighted by atomic mass is 10.2. The third kappa shape index (κ3) is 3.36. The van der Waals surface area contributed by atoms with E-state index in [2.05, 4.69) is 10.4 Å². The van der Waals surface area contributed by atoms with Gasteiger partial charge in [0, 0.05) is 6.07 Å². The quantitative estimate of drug-likeness (QED) is 0.733. The molecule has 3 aromatic rings. The first-order valence-electron chi connectivity index (χ1n) is 7.89. The number of hydrogen-bond donors (Lipinski definition) is 1. The van der Waals surface area contributed by atoms with Crippen LogP contribution in [0.1, 0.15) is 16.1 Å². The summed E-state index contributed by atoms with van der Waals surface area (Å²) >= 11 is 6.43. The highest BCUT2D eigenvalue weighted by atomic mass is 35.5. The molecule has 0 spiro atoms. The molecule has 0 bridgehead atoms. The highest BCUT2D eigenvalue weighted by Crippen LogP contribution is 2.31. The fourth-order valence-electron chi connectivity index (χ4n) is 2.58. The van der Waals surface area contributed by atoms with Crippen molar-refractivity contribution in [2.24, 2.45) is 0 Å². The van der Waals surface area contributed by atoms with E-state index in [9.17, 15) is 4.79 Å². The third-order valence-corrected chi connectivity index (χ3v) is 4.24. The van der Waals surface area contributed by atoms with Crippen LogP contribution >= 0.6 is 11.6 Å². The molecule has 1 N–H and O–H groups in total. The monoisotopic (exact) mass is 371 g/mol. The maximum absolute atomic E-state index is 12.8. The molecule has 6 nitrogen and oxygen atoms in total. The first-order valence-corrected chi connectivity index (χ1v) is 8.27. The second-order valence-corrected chi connectivity index (χ2v) is 5.88. The Morgan fingerprint density at radius 1 is 1.12 bits per heavy atom. The molecule has 1 heterocycles. The molecule has 134 valence electrons. The molecule has 0 atom stereocenters. The molecule has 0 aliphatic heterocycles. The molecule has 7 heteroatoms. The van der Waals surface area contributed by atoms with Crippen molar-refractivity contribution < 1.29 is 14.3 Å². The lowest BCUT2D eigenvalue weighted by Crippen LogP contribution is -2.14. The van der Waals surface area contributed by atoms with Crippen LogP contribution in [0.25, 0.3) is 5.69 Å². The molecule has 26 heavy (non-hydrogen) atoms.